The number of amidine groups is 1. The van der Waals surface area contributed by atoms with Crippen LogP contribution in [0.15, 0.2) is 21.7 Å². The van der Waals surface area contributed by atoms with Gasteiger partial charge in [0.15, 0.2) is 17.4 Å². The topological polar surface area (TPSA) is 107 Å². The van der Waals surface area contributed by atoms with E-state index in [1.54, 1.807) is 0 Å². The Morgan fingerprint density at radius 2 is 2.10 bits per heavy atom. The summed E-state index contributed by atoms with van der Waals surface area (Å²) >= 11 is 2.88. The molecule has 0 saturated carbocycles. The minimum atomic E-state index is -5.12. The first kappa shape index (κ1) is 16.7. The van der Waals surface area contributed by atoms with Gasteiger partial charge in [0.25, 0.3) is 0 Å². The van der Waals surface area contributed by atoms with Crippen LogP contribution in [-0.2, 0) is 0 Å². The van der Waals surface area contributed by atoms with Crippen LogP contribution in [0.1, 0.15) is 0 Å². The molecule has 112 valence electrons. The average molecular weight is 368 g/mol. The maximum Gasteiger partial charge on any atom is 0.573 e. The van der Waals surface area contributed by atoms with Crippen LogP contribution >= 0.6 is 15.9 Å². The Hall–Kier alpha value is -2.35. The molecule has 21 heavy (non-hydrogen) atoms. The summed E-state index contributed by atoms with van der Waals surface area (Å²) in [6.45, 7) is 0. The lowest BCUT2D eigenvalue weighted by Crippen LogP contribution is -2.22. The first-order valence-electron chi connectivity index (χ1n) is 4.97. The molecule has 0 atom stereocenters. The fraction of sp³-hybridized carbons (Fsp3) is 0.100. The van der Waals surface area contributed by atoms with E-state index in [0.29, 0.717) is 0 Å². The zero-order chi connectivity index (χ0) is 16.2. The highest BCUT2D eigenvalue weighted by Crippen LogP contribution is 2.35. The molecular formula is C10H6BrF4N5O. The molecule has 0 aliphatic heterocycles. The third-order valence-electron chi connectivity index (χ3n) is 1.88. The molecular weight excluding hydrogens is 362 g/mol. The number of ether oxygens (including phenoxy) is 1. The van der Waals surface area contributed by atoms with Gasteiger partial charge < -0.3 is 10.5 Å². The highest BCUT2D eigenvalue weighted by Gasteiger charge is 2.34. The predicted octanol–water partition coefficient (Wildman–Crippen LogP) is 2.71. The monoisotopic (exact) mass is 367 g/mol. The number of nitrogens with one attached hydrogen (secondary N) is 2. The summed E-state index contributed by atoms with van der Waals surface area (Å²) in [6.07, 6.45) is -5.12. The molecule has 1 rings (SSSR count). The minimum Gasteiger partial charge on any atom is -0.400 e. The van der Waals surface area contributed by atoms with Crippen molar-refractivity contribution in [2.24, 2.45) is 10.8 Å². The Kier molecular flexibility index (Phi) is 5.09. The molecule has 0 amide bonds. The van der Waals surface area contributed by atoms with Crippen LogP contribution in [0.4, 0.5) is 23.2 Å². The molecule has 0 spiro atoms. The van der Waals surface area contributed by atoms with Gasteiger partial charge in [-0.15, -0.1) is 13.2 Å². The van der Waals surface area contributed by atoms with Crippen molar-refractivity contribution in [3.63, 3.8) is 0 Å². The Labute approximate surface area is 123 Å². The number of nitrogens with two attached hydrogens (primary N) is 1. The molecule has 0 aromatic heterocycles. The van der Waals surface area contributed by atoms with E-state index in [4.69, 9.17) is 16.4 Å². The van der Waals surface area contributed by atoms with Gasteiger partial charge in [-0.25, -0.2) is 4.39 Å². The summed E-state index contributed by atoms with van der Waals surface area (Å²) < 4.78 is 53.9. The number of nitriles is 1. The Morgan fingerprint density at radius 1 is 1.48 bits per heavy atom. The van der Waals surface area contributed by atoms with Crippen LogP contribution in [0.25, 0.3) is 0 Å². The molecule has 0 bridgehead atoms. The number of alkyl halides is 3. The molecule has 0 saturated heterocycles. The summed E-state index contributed by atoms with van der Waals surface area (Å²) in [6, 6.07) is 3.24. The van der Waals surface area contributed by atoms with Crippen molar-refractivity contribution in [3.05, 3.63) is 22.4 Å². The van der Waals surface area contributed by atoms with Gasteiger partial charge in [0.1, 0.15) is 11.8 Å². The lowest BCUT2D eigenvalue weighted by Gasteiger charge is -2.14. The summed E-state index contributed by atoms with van der Waals surface area (Å²) in [7, 11) is 0. The van der Waals surface area contributed by atoms with E-state index < -0.39 is 35.2 Å². The van der Waals surface area contributed by atoms with Crippen molar-refractivity contribution in [2.75, 3.05) is 5.43 Å². The fourth-order valence-electron chi connectivity index (χ4n) is 1.12. The summed E-state index contributed by atoms with van der Waals surface area (Å²) in [5, 5.41) is 18.9. The lowest BCUT2D eigenvalue weighted by atomic mass is 10.3. The normalized spacial score (nSPS) is 11.7. The second-order valence-corrected chi connectivity index (χ2v) is 4.33. The third kappa shape index (κ3) is 4.92. The second-order valence-electron chi connectivity index (χ2n) is 3.41. The van der Waals surface area contributed by atoms with Crippen LogP contribution in [0, 0.1) is 22.6 Å². The van der Waals surface area contributed by atoms with E-state index in [1.165, 1.54) is 6.07 Å². The van der Waals surface area contributed by atoms with E-state index in [2.05, 4.69) is 25.8 Å². The Bertz CT molecular complexity index is 638. The molecule has 1 aromatic carbocycles. The molecule has 1 aromatic rings. The van der Waals surface area contributed by atoms with Gasteiger partial charge in [-0.1, -0.05) is 15.9 Å². The maximum atomic E-state index is 13.5. The van der Waals surface area contributed by atoms with Gasteiger partial charge >= 0.3 is 6.36 Å². The van der Waals surface area contributed by atoms with E-state index >= 15 is 0 Å². The summed E-state index contributed by atoms with van der Waals surface area (Å²) in [5.74, 6) is -3.17. The van der Waals surface area contributed by atoms with Gasteiger partial charge in [-0.3, -0.25) is 10.8 Å². The smallest absolute Gasteiger partial charge is 0.400 e. The number of halogens is 5. The van der Waals surface area contributed by atoms with Crippen molar-refractivity contribution < 1.29 is 22.3 Å². The number of rotatable bonds is 4. The van der Waals surface area contributed by atoms with Gasteiger partial charge in [0, 0.05) is 4.47 Å². The number of nitrogens with zero attached hydrogens (tertiary/aromatic N) is 2. The largest absolute Gasteiger partial charge is 0.573 e. The van der Waals surface area contributed by atoms with Crippen molar-refractivity contribution in [3.8, 4) is 11.8 Å². The van der Waals surface area contributed by atoms with E-state index in [-0.39, 0.29) is 4.47 Å². The highest BCUT2D eigenvalue weighted by atomic mass is 79.9. The summed E-state index contributed by atoms with van der Waals surface area (Å²) in [4.78, 5) is 0. The number of hydrazone groups is 1. The number of hydrogen-bond donors (Lipinski definition) is 3. The first-order valence-corrected chi connectivity index (χ1v) is 5.76. The SMILES string of the molecule is N#C/C(=N\Nc1cc(Br)cc(F)c1OC(F)(F)F)C(=N)N. The molecule has 6 nitrogen and oxygen atoms in total. The molecule has 0 fully saturated rings. The molecule has 0 unspecified atom stereocenters. The van der Waals surface area contributed by atoms with Crippen molar-refractivity contribution >= 4 is 33.2 Å². The zero-order valence-electron chi connectivity index (χ0n) is 9.92. The standard InChI is InChI=1S/C10H6BrF4N5O/c11-4-1-5(12)8(21-10(13,14)15)6(2-4)19-20-7(3-16)9(17)18/h1-2,19H,(H3,17,18)/b20-7+. The molecule has 11 heteroatoms. The molecule has 0 heterocycles. The molecule has 0 aliphatic carbocycles. The molecule has 0 aliphatic rings. The van der Waals surface area contributed by atoms with Gasteiger partial charge in [-0.2, -0.15) is 10.4 Å². The number of hydrogen-bond acceptors (Lipinski definition) is 5. The van der Waals surface area contributed by atoms with E-state index in [0.717, 1.165) is 12.1 Å². The van der Waals surface area contributed by atoms with Crippen molar-refractivity contribution in [1.82, 2.24) is 0 Å². The van der Waals surface area contributed by atoms with Crippen molar-refractivity contribution in [1.29, 1.82) is 10.7 Å². The summed E-state index contributed by atoms with van der Waals surface area (Å²) in [5.41, 5.74) is 5.91. The van der Waals surface area contributed by atoms with E-state index in [1.807, 2.05) is 5.43 Å². The number of benzene rings is 1. The predicted molar refractivity (Wildman–Crippen MR) is 69.4 cm³/mol. The second kappa shape index (κ2) is 6.40. The molecule has 0 radical (unpaired) electrons. The number of anilines is 1. The minimum absolute atomic E-state index is 0.105. The van der Waals surface area contributed by atoms with Crippen LogP contribution < -0.4 is 15.9 Å². The maximum absolute atomic E-state index is 13.5. The Morgan fingerprint density at radius 3 is 2.57 bits per heavy atom. The van der Waals surface area contributed by atoms with E-state index in [9.17, 15) is 17.6 Å². The van der Waals surface area contributed by atoms with Gasteiger partial charge in [0.2, 0.25) is 5.71 Å². The van der Waals surface area contributed by atoms with Gasteiger partial charge in [0.05, 0.1) is 0 Å². The van der Waals surface area contributed by atoms with Crippen LogP contribution in [0.3, 0.4) is 0 Å². The van der Waals surface area contributed by atoms with Crippen LogP contribution in [0.5, 0.6) is 5.75 Å². The zero-order valence-corrected chi connectivity index (χ0v) is 11.5. The van der Waals surface area contributed by atoms with Crippen molar-refractivity contribution in [2.45, 2.75) is 6.36 Å². The lowest BCUT2D eigenvalue weighted by molar-refractivity contribution is -0.275. The Balaban J connectivity index is 3.22. The molecule has 4 N–H and O–H groups in total. The fourth-order valence-corrected chi connectivity index (χ4v) is 1.55. The average Bonchev–Trinajstić information content (AvgIpc) is 2.32. The van der Waals surface area contributed by atoms with Gasteiger partial charge in [-0.05, 0) is 12.1 Å². The highest BCUT2D eigenvalue weighted by molar-refractivity contribution is 9.10. The van der Waals surface area contributed by atoms with Crippen LogP contribution in [-0.4, -0.2) is 17.9 Å². The quantitative estimate of drug-likeness (QED) is 0.329. The third-order valence-corrected chi connectivity index (χ3v) is 2.33. The first-order chi connectivity index (χ1) is 9.64. The van der Waals surface area contributed by atoms with Crippen LogP contribution in [0.2, 0.25) is 0 Å².